The molecule has 0 radical (unpaired) electrons. The molecular formula is C10H23N3O5. The number of nitrogens with two attached hydrogens (primary N) is 3. The van der Waals surface area contributed by atoms with Crippen molar-refractivity contribution >= 4 is 0 Å². The fourth-order valence-corrected chi connectivity index (χ4v) is 1.61. The molecule has 108 valence electrons. The monoisotopic (exact) mass is 265 g/mol. The normalized spacial score (nSPS) is 33.7. The molecule has 18 heavy (non-hydrogen) atoms. The van der Waals surface area contributed by atoms with Gasteiger partial charge in [-0.2, -0.15) is 0 Å². The first-order valence-electron chi connectivity index (χ1n) is 5.87. The lowest BCUT2D eigenvalue weighted by atomic mass is 9.89. The zero-order valence-electron chi connectivity index (χ0n) is 10.2. The molecule has 4 atom stereocenters. The van der Waals surface area contributed by atoms with Gasteiger partial charge in [-0.1, -0.05) is 0 Å². The van der Waals surface area contributed by atoms with Crippen LogP contribution < -0.4 is 17.2 Å². The third-order valence-electron chi connectivity index (χ3n) is 3.31. The van der Waals surface area contributed by atoms with E-state index < -0.39 is 30.0 Å². The van der Waals surface area contributed by atoms with E-state index in [1.807, 2.05) is 0 Å². The van der Waals surface area contributed by atoms with Crippen molar-refractivity contribution in [2.75, 3.05) is 32.8 Å². The number of ether oxygens (including phenoxy) is 2. The summed E-state index contributed by atoms with van der Waals surface area (Å²) in [5, 5.41) is 28.4. The summed E-state index contributed by atoms with van der Waals surface area (Å²) in [6.07, 6.45) is -4.76. The first-order valence-corrected chi connectivity index (χ1v) is 5.87. The van der Waals surface area contributed by atoms with Crippen LogP contribution in [0.25, 0.3) is 0 Å². The van der Waals surface area contributed by atoms with Gasteiger partial charge in [0.25, 0.3) is 0 Å². The summed E-state index contributed by atoms with van der Waals surface area (Å²) in [5.41, 5.74) is 16.2. The molecule has 9 N–H and O–H groups in total. The van der Waals surface area contributed by atoms with Crippen LogP contribution in [0.15, 0.2) is 0 Å². The molecule has 1 rings (SSSR count). The van der Waals surface area contributed by atoms with E-state index in [4.69, 9.17) is 26.7 Å². The lowest BCUT2D eigenvalue weighted by Gasteiger charge is -2.37. The first-order chi connectivity index (χ1) is 8.49. The Morgan fingerprint density at radius 2 is 1.61 bits per heavy atom. The van der Waals surface area contributed by atoms with Gasteiger partial charge in [-0.15, -0.1) is 0 Å². The highest BCUT2D eigenvalue weighted by Crippen LogP contribution is 2.20. The Bertz CT molecular complexity index is 243. The summed E-state index contributed by atoms with van der Waals surface area (Å²) < 4.78 is 10.5. The molecule has 0 aromatic rings. The number of hydrogen-bond acceptors (Lipinski definition) is 8. The third-order valence-corrected chi connectivity index (χ3v) is 3.31. The second-order valence-electron chi connectivity index (χ2n) is 4.67. The average molecular weight is 265 g/mol. The standard InChI is InChI=1S/C10H23N3O5/c11-2-10(3-12,4-13)5-18-9-8(16)7(15)6(14)1-17-9/h6-9,14-16H,1-5,11-13H2/t6-,7+,8-,9+/m1/s1. The predicted molar refractivity (Wildman–Crippen MR) is 63.3 cm³/mol. The van der Waals surface area contributed by atoms with Crippen LogP contribution in [0.4, 0.5) is 0 Å². The lowest BCUT2D eigenvalue weighted by Crippen LogP contribution is -2.55. The number of aliphatic hydroxyl groups is 3. The highest BCUT2D eigenvalue weighted by atomic mass is 16.7. The highest BCUT2D eigenvalue weighted by molar-refractivity contribution is 4.85. The van der Waals surface area contributed by atoms with Crippen LogP contribution in [-0.2, 0) is 9.47 Å². The Kier molecular flexibility index (Phi) is 5.89. The van der Waals surface area contributed by atoms with Crippen LogP contribution in [-0.4, -0.2) is 72.8 Å². The molecule has 0 bridgehead atoms. The fourth-order valence-electron chi connectivity index (χ4n) is 1.61. The van der Waals surface area contributed by atoms with E-state index in [1.165, 1.54) is 0 Å². The lowest BCUT2D eigenvalue weighted by molar-refractivity contribution is -0.275. The van der Waals surface area contributed by atoms with Gasteiger partial charge in [0.1, 0.15) is 18.3 Å². The van der Waals surface area contributed by atoms with Crippen LogP contribution in [0.3, 0.4) is 0 Å². The minimum atomic E-state index is -1.32. The maximum absolute atomic E-state index is 9.67. The SMILES string of the molecule is NCC(CN)(CN)CO[C@@H]1OC[C@@H](O)[C@H](O)[C@H]1O. The molecule has 8 heteroatoms. The molecule has 1 heterocycles. The van der Waals surface area contributed by atoms with Crippen molar-refractivity contribution in [3.63, 3.8) is 0 Å². The average Bonchev–Trinajstić information content (AvgIpc) is 2.40. The summed E-state index contributed by atoms with van der Waals surface area (Å²) in [7, 11) is 0. The molecule has 0 aromatic heterocycles. The molecule has 1 aliphatic heterocycles. The summed E-state index contributed by atoms with van der Waals surface area (Å²) in [4.78, 5) is 0. The molecule has 0 aromatic carbocycles. The molecule has 0 aliphatic carbocycles. The fraction of sp³-hybridized carbons (Fsp3) is 1.00. The van der Waals surface area contributed by atoms with Gasteiger partial charge in [-0.25, -0.2) is 0 Å². The Hall–Kier alpha value is -0.320. The van der Waals surface area contributed by atoms with Gasteiger partial charge in [-0.05, 0) is 0 Å². The molecular weight excluding hydrogens is 242 g/mol. The van der Waals surface area contributed by atoms with Gasteiger partial charge >= 0.3 is 0 Å². The van der Waals surface area contributed by atoms with Gasteiger partial charge in [-0.3, -0.25) is 0 Å². The Morgan fingerprint density at radius 3 is 2.11 bits per heavy atom. The summed E-state index contributed by atoms with van der Waals surface area (Å²) >= 11 is 0. The first kappa shape index (κ1) is 15.7. The molecule has 0 saturated carbocycles. The van der Waals surface area contributed by atoms with E-state index in [0.717, 1.165) is 0 Å². The number of aliphatic hydroxyl groups excluding tert-OH is 3. The summed E-state index contributed by atoms with van der Waals surface area (Å²) in [6, 6.07) is 0. The van der Waals surface area contributed by atoms with Crippen molar-refractivity contribution in [1.82, 2.24) is 0 Å². The quantitative estimate of drug-likeness (QED) is 0.286. The number of rotatable bonds is 6. The van der Waals surface area contributed by atoms with E-state index in [9.17, 15) is 15.3 Å². The van der Waals surface area contributed by atoms with Crippen molar-refractivity contribution in [3.05, 3.63) is 0 Å². The van der Waals surface area contributed by atoms with Crippen LogP contribution in [0.1, 0.15) is 0 Å². The molecule has 0 unspecified atom stereocenters. The minimum Gasteiger partial charge on any atom is -0.388 e. The topological polar surface area (TPSA) is 157 Å². The maximum Gasteiger partial charge on any atom is 0.186 e. The Labute approximate surface area is 106 Å². The Balaban J connectivity index is 2.52. The van der Waals surface area contributed by atoms with Crippen molar-refractivity contribution in [3.8, 4) is 0 Å². The van der Waals surface area contributed by atoms with Crippen LogP contribution in [0.5, 0.6) is 0 Å². The highest BCUT2D eigenvalue weighted by Gasteiger charge is 2.39. The van der Waals surface area contributed by atoms with Crippen molar-refractivity contribution in [2.24, 2.45) is 22.6 Å². The van der Waals surface area contributed by atoms with Gasteiger partial charge in [0.15, 0.2) is 6.29 Å². The minimum absolute atomic E-state index is 0.107. The molecule has 1 aliphatic rings. The third kappa shape index (κ3) is 3.37. The largest absolute Gasteiger partial charge is 0.388 e. The summed E-state index contributed by atoms with van der Waals surface area (Å²) in [6.45, 7) is 0.737. The van der Waals surface area contributed by atoms with Crippen LogP contribution in [0.2, 0.25) is 0 Å². The van der Waals surface area contributed by atoms with E-state index in [-0.39, 0.29) is 32.8 Å². The van der Waals surface area contributed by atoms with E-state index in [0.29, 0.717) is 0 Å². The molecule has 1 fully saturated rings. The summed E-state index contributed by atoms with van der Waals surface area (Å²) in [5.74, 6) is 0. The van der Waals surface area contributed by atoms with E-state index in [2.05, 4.69) is 0 Å². The van der Waals surface area contributed by atoms with Gasteiger partial charge < -0.3 is 42.0 Å². The van der Waals surface area contributed by atoms with E-state index in [1.54, 1.807) is 0 Å². The van der Waals surface area contributed by atoms with Crippen molar-refractivity contribution in [2.45, 2.75) is 24.6 Å². The Morgan fingerprint density at radius 1 is 1.06 bits per heavy atom. The van der Waals surface area contributed by atoms with E-state index >= 15 is 0 Å². The molecule has 0 amide bonds. The zero-order chi connectivity index (χ0) is 13.8. The second-order valence-corrected chi connectivity index (χ2v) is 4.67. The smallest absolute Gasteiger partial charge is 0.186 e. The molecule has 1 saturated heterocycles. The second kappa shape index (κ2) is 6.73. The van der Waals surface area contributed by atoms with Crippen molar-refractivity contribution < 1.29 is 24.8 Å². The maximum atomic E-state index is 9.67. The van der Waals surface area contributed by atoms with Gasteiger partial charge in [0.05, 0.1) is 13.2 Å². The van der Waals surface area contributed by atoms with Crippen LogP contribution in [0, 0.1) is 5.41 Å². The van der Waals surface area contributed by atoms with Crippen molar-refractivity contribution in [1.29, 1.82) is 0 Å². The predicted octanol–water partition coefficient (Wildman–Crippen LogP) is -3.70. The van der Waals surface area contributed by atoms with Gasteiger partial charge in [0.2, 0.25) is 0 Å². The van der Waals surface area contributed by atoms with Crippen LogP contribution >= 0.6 is 0 Å². The zero-order valence-corrected chi connectivity index (χ0v) is 10.2. The number of hydrogen-bond donors (Lipinski definition) is 6. The molecule has 8 nitrogen and oxygen atoms in total. The van der Waals surface area contributed by atoms with Gasteiger partial charge in [0, 0.05) is 25.0 Å². The molecule has 0 spiro atoms.